The van der Waals surface area contributed by atoms with E-state index in [0.29, 0.717) is 10.8 Å². The van der Waals surface area contributed by atoms with Crippen LogP contribution < -0.4 is 0 Å². The molecule has 0 aromatic rings. The van der Waals surface area contributed by atoms with Crippen molar-refractivity contribution in [1.29, 1.82) is 0 Å². The Bertz CT molecular complexity index is 169. The van der Waals surface area contributed by atoms with Gasteiger partial charge in [0, 0.05) is 0 Å². The van der Waals surface area contributed by atoms with Crippen molar-refractivity contribution in [2.75, 3.05) is 0 Å². The lowest BCUT2D eigenvalue weighted by molar-refractivity contribution is 0.208. The van der Waals surface area contributed by atoms with Crippen LogP contribution in [0.2, 0.25) is 0 Å². The van der Waals surface area contributed by atoms with Gasteiger partial charge in [-0.05, 0) is 29.1 Å². The van der Waals surface area contributed by atoms with Gasteiger partial charge in [0.05, 0.1) is 0 Å². The predicted molar refractivity (Wildman–Crippen MR) is 55.1 cm³/mol. The van der Waals surface area contributed by atoms with Crippen LogP contribution in [0.1, 0.15) is 54.4 Å². The minimum atomic E-state index is 0.607. The van der Waals surface area contributed by atoms with E-state index in [1.54, 1.807) is 0 Å². The molecule has 12 heavy (non-hydrogen) atoms. The van der Waals surface area contributed by atoms with Crippen LogP contribution in [0.15, 0.2) is 0 Å². The normalized spacial score (nSPS) is 37.5. The zero-order valence-electron chi connectivity index (χ0n) is 9.57. The Labute approximate surface area is 77.7 Å². The molecule has 1 aliphatic carbocycles. The van der Waals surface area contributed by atoms with Crippen LogP contribution in [-0.2, 0) is 0 Å². The molecule has 0 N–H and O–H groups in total. The molecule has 0 heterocycles. The van der Waals surface area contributed by atoms with Gasteiger partial charge in [-0.3, -0.25) is 0 Å². The Balaban J connectivity index is 2.61. The fourth-order valence-corrected chi connectivity index (χ4v) is 2.63. The molecule has 1 fully saturated rings. The third-order valence-electron chi connectivity index (χ3n) is 4.73. The second kappa shape index (κ2) is 2.75. The van der Waals surface area contributed by atoms with Gasteiger partial charge >= 0.3 is 0 Å². The highest BCUT2D eigenvalue weighted by atomic mass is 14.6. The molecule has 1 saturated carbocycles. The molecule has 0 heteroatoms. The van der Waals surface area contributed by atoms with Gasteiger partial charge in [0.15, 0.2) is 0 Å². The van der Waals surface area contributed by atoms with E-state index in [1.165, 1.54) is 12.8 Å². The van der Waals surface area contributed by atoms with Crippen LogP contribution in [0.4, 0.5) is 0 Å². The van der Waals surface area contributed by atoms with Crippen molar-refractivity contribution in [2.45, 2.75) is 54.4 Å². The molecule has 0 saturated heterocycles. The van der Waals surface area contributed by atoms with Gasteiger partial charge in [-0.25, -0.2) is 0 Å². The average molecular weight is 168 g/mol. The molecule has 3 atom stereocenters. The third-order valence-corrected chi connectivity index (χ3v) is 4.73. The standard InChI is InChI=1S/C12H24/c1-7-9(2)10(3)12(6)8-11(12,4)5/h9-10H,7-8H2,1-6H3. The van der Waals surface area contributed by atoms with Crippen LogP contribution in [0.5, 0.6) is 0 Å². The molecule has 0 nitrogen and oxygen atoms in total. The summed E-state index contributed by atoms with van der Waals surface area (Å²) in [6.45, 7) is 14.4. The second-order valence-electron chi connectivity index (χ2n) is 5.65. The quantitative estimate of drug-likeness (QED) is 0.595. The summed E-state index contributed by atoms with van der Waals surface area (Å²) in [6.07, 6.45) is 2.75. The summed E-state index contributed by atoms with van der Waals surface area (Å²) in [5.41, 5.74) is 1.23. The van der Waals surface area contributed by atoms with Crippen LogP contribution in [0.25, 0.3) is 0 Å². The van der Waals surface area contributed by atoms with Gasteiger partial charge < -0.3 is 0 Å². The van der Waals surface area contributed by atoms with Crippen molar-refractivity contribution in [1.82, 2.24) is 0 Å². The fraction of sp³-hybridized carbons (Fsp3) is 1.00. The summed E-state index contributed by atoms with van der Waals surface area (Å²) < 4.78 is 0. The molecule has 0 aromatic carbocycles. The maximum absolute atomic E-state index is 2.46. The lowest BCUT2D eigenvalue weighted by atomic mass is 9.77. The minimum Gasteiger partial charge on any atom is -0.0651 e. The largest absolute Gasteiger partial charge is 0.0651 e. The molecule has 0 aliphatic heterocycles. The van der Waals surface area contributed by atoms with Crippen molar-refractivity contribution < 1.29 is 0 Å². The van der Waals surface area contributed by atoms with Crippen molar-refractivity contribution in [3.8, 4) is 0 Å². The fourth-order valence-electron chi connectivity index (χ4n) is 2.63. The first-order valence-electron chi connectivity index (χ1n) is 5.35. The molecule has 0 bridgehead atoms. The Hall–Kier alpha value is 0. The summed E-state index contributed by atoms with van der Waals surface area (Å²) in [7, 11) is 0. The maximum Gasteiger partial charge on any atom is -0.0241 e. The zero-order chi connectivity index (χ0) is 9.57. The molecule has 0 amide bonds. The van der Waals surface area contributed by atoms with Crippen LogP contribution in [0.3, 0.4) is 0 Å². The Morgan fingerprint density at radius 2 is 1.58 bits per heavy atom. The van der Waals surface area contributed by atoms with Crippen LogP contribution >= 0.6 is 0 Å². The summed E-state index contributed by atoms with van der Waals surface area (Å²) in [5.74, 6) is 1.77. The molecule has 0 spiro atoms. The van der Waals surface area contributed by atoms with Gasteiger partial charge in [0.1, 0.15) is 0 Å². The third kappa shape index (κ3) is 1.30. The van der Waals surface area contributed by atoms with Gasteiger partial charge in [-0.1, -0.05) is 48.0 Å². The Morgan fingerprint density at radius 3 is 1.83 bits per heavy atom. The smallest absolute Gasteiger partial charge is 0.0241 e. The van der Waals surface area contributed by atoms with Gasteiger partial charge in [-0.2, -0.15) is 0 Å². The highest BCUT2D eigenvalue weighted by Crippen LogP contribution is 2.68. The minimum absolute atomic E-state index is 0.607. The average Bonchev–Trinajstić information content (AvgIpc) is 2.50. The second-order valence-corrected chi connectivity index (χ2v) is 5.65. The molecule has 0 aromatic heterocycles. The monoisotopic (exact) mass is 168 g/mol. The van der Waals surface area contributed by atoms with E-state index >= 15 is 0 Å². The van der Waals surface area contributed by atoms with E-state index in [2.05, 4.69) is 41.5 Å². The van der Waals surface area contributed by atoms with E-state index in [0.717, 1.165) is 11.8 Å². The predicted octanol–water partition coefficient (Wildman–Crippen LogP) is 4.10. The summed E-state index contributed by atoms with van der Waals surface area (Å²) in [4.78, 5) is 0. The number of hydrogen-bond donors (Lipinski definition) is 0. The molecular formula is C12H24. The van der Waals surface area contributed by atoms with Crippen LogP contribution in [0, 0.1) is 22.7 Å². The highest BCUT2D eigenvalue weighted by Gasteiger charge is 2.60. The van der Waals surface area contributed by atoms with E-state index < -0.39 is 0 Å². The van der Waals surface area contributed by atoms with E-state index in [1.807, 2.05) is 0 Å². The summed E-state index contributed by atoms with van der Waals surface area (Å²) in [5, 5.41) is 0. The Morgan fingerprint density at radius 1 is 1.17 bits per heavy atom. The first-order valence-corrected chi connectivity index (χ1v) is 5.35. The van der Waals surface area contributed by atoms with Crippen molar-refractivity contribution >= 4 is 0 Å². The summed E-state index contributed by atoms with van der Waals surface area (Å²) in [6, 6.07) is 0. The topological polar surface area (TPSA) is 0 Å². The molecule has 1 aliphatic rings. The van der Waals surface area contributed by atoms with Gasteiger partial charge in [-0.15, -0.1) is 0 Å². The first-order chi connectivity index (χ1) is 5.35. The van der Waals surface area contributed by atoms with Gasteiger partial charge in [0.25, 0.3) is 0 Å². The molecule has 3 unspecified atom stereocenters. The number of rotatable bonds is 3. The Kier molecular flexibility index (Phi) is 2.31. The van der Waals surface area contributed by atoms with Crippen molar-refractivity contribution in [3.05, 3.63) is 0 Å². The van der Waals surface area contributed by atoms with Gasteiger partial charge in [0.2, 0.25) is 0 Å². The van der Waals surface area contributed by atoms with E-state index in [4.69, 9.17) is 0 Å². The molecule has 72 valence electrons. The maximum atomic E-state index is 2.46. The van der Waals surface area contributed by atoms with Crippen molar-refractivity contribution in [3.63, 3.8) is 0 Å². The zero-order valence-corrected chi connectivity index (χ0v) is 9.57. The number of hydrogen-bond acceptors (Lipinski definition) is 0. The SMILES string of the molecule is CCC(C)C(C)C1(C)CC1(C)C. The molecular weight excluding hydrogens is 144 g/mol. The lowest BCUT2D eigenvalue weighted by Crippen LogP contribution is -2.21. The highest BCUT2D eigenvalue weighted by molar-refractivity contribution is 5.09. The first kappa shape index (κ1) is 10.1. The summed E-state index contributed by atoms with van der Waals surface area (Å²) >= 11 is 0. The lowest BCUT2D eigenvalue weighted by Gasteiger charge is -2.28. The van der Waals surface area contributed by atoms with E-state index in [-0.39, 0.29) is 0 Å². The molecule has 1 rings (SSSR count). The van der Waals surface area contributed by atoms with E-state index in [9.17, 15) is 0 Å². The van der Waals surface area contributed by atoms with Crippen LogP contribution in [-0.4, -0.2) is 0 Å². The molecule has 0 radical (unpaired) electrons. The van der Waals surface area contributed by atoms with Crippen molar-refractivity contribution in [2.24, 2.45) is 22.7 Å².